The standard InChI is InChI=1S/C21H24N.2C20H21FN.C20H22N.C18H17FN/c1-13-9-15(3)17(5)19(11-13)20-8-7-18-16(4)10-14(2)12-21(18)22(20)6;2*1-12-10-13(2)14(3)17(11-12)20-8-6-16-15(4)18(21)7-9-19(16)22(20)5;1-13-6-7-15(3)18(11-13)19-9-8-17-16(4)10-14(2)12-20(17)21(19)5;1-12-4-5-13(2)16(10-12)18-8-6-14-11-15(19)7-9-17(14)20(18)3/h7-12H,1-6H3;2*6-11H,1-5H3;6-12H,1-5H3;4-11H,1-3H3/q5*+1. The van der Waals surface area contributed by atoms with Gasteiger partial charge in [0.25, 0.3) is 0 Å². The van der Waals surface area contributed by atoms with Crippen molar-refractivity contribution in [3.8, 4) is 56.3 Å². The molecule has 5 aromatic heterocycles. The van der Waals surface area contributed by atoms with Crippen LogP contribution in [0.3, 0.4) is 0 Å². The Labute approximate surface area is 633 Å². The second-order valence-electron chi connectivity index (χ2n) is 30.2. The molecule has 0 radical (unpaired) electrons. The second-order valence-corrected chi connectivity index (χ2v) is 30.2. The number of hydrogen-bond acceptors (Lipinski definition) is 0. The van der Waals surface area contributed by atoms with Crippen LogP contribution in [0, 0.1) is 149 Å². The molecule has 107 heavy (non-hydrogen) atoms. The molecule has 542 valence electrons. The van der Waals surface area contributed by atoms with Gasteiger partial charge >= 0.3 is 0 Å². The molecule has 0 unspecified atom stereocenters. The monoisotopic (exact) mass is 1420 g/mol. The zero-order chi connectivity index (χ0) is 77.5. The molecule has 0 spiro atoms. The van der Waals surface area contributed by atoms with Crippen molar-refractivity contribution < 1.29 is 36.0 Å². The van der Waals surface area contributed by atoms with Crippen LogP contribution in [0.15, 0.2) is 200 Å². The van der Waals surface area contributed by atoms with Crippen LogP contribution in [-0.4, -0.2) is 0 Å². The number of fused-ring (bicyclic) bond motifs is 5. The van der Waals surface area contributed by atoms with Crippen molar-refractivity contribution in [3.05, 3.63) is 323 Å². The van der Waals surface area contributed by atoms with Gasteiger partial charge in [-0.05, 0) is 294 Å². The molecule has 15 rings (SSSR count). The second kappa shape index (κ2) is 31.6. The lowest BCUT2D eigenvalue weighted by Gasteiger charge is -2.11. The minimum absolute atomic E-state index is 0.150. The number of aromatic nitrogens is 5. The normalized spacial score (nSPS) is 11.1. The van der Waals surface area contributed by atoms with E-state index in [1.807, 2.05) is 71.4 Å². The van der Waals surface area contributed by atoms with Crippen LogP contribution < -0.4 is 22.8 Å². The largest absolute Gasteiger partial charge is 0.213 e. The first-order valence-corrected chi connectivity index (χ1v) is 37.2. The average Bonchev–Trinajstić information content (AvgIpc) is 0.797. The van der Waals surface area contributed by atoms with Gasteiger partial charge in [-0.2, -0.15) is 22.8 Å². The molecule has 0 fully saturated rings. The predicted octanol–water partition coefficient (Wildman–Crippen LogP) is 22.9. The molecule has 10 aromatic carbocycles. The summed E-state index contributed by atoms with van der Waals surface area (Å²) in [5.41, 5.74) is 41.6. The lowest BCUT2D eigenvalue weighted by Crippen LogP contribution is -2.32. The minimum Gasteiger partial charge on any atom is -0.207 e. The van der Waals surface area contributed by atoms with Crippen LogP contribution in [0.25, 0.3) is 111 Å². The lowest BCUT2D eigenvalue weighted by molar-refractivity contribution is -0.633. The van der Waals surface area contributed by atoms with E-state index < -0.39 is 0 Å². The Hall–Kier alpha value is -11.0. The third-order valence-electron chi connectivity index (χ3n) is 22.1. The molecule has 5 heterocycles. The van der Waals surface area contributed by atoms with E-state index in [0.29, 0.717) is 11.1 Å². The number of benzene rings is 10. The maximum atomic E-state index is 13.8. The maximum absolute atomic E-state index is 13.8. The molecule has 15 aromatic rings. The Morgan fingerprint density at radius 2 is 0.486 bits per heavy atom. The molecular weight excluding hydrogens is 1320 g/mol. The molecule has 0 aliphatic rings. The van der Waals surface area contributed by atoms with E-state index in [4.69, 9.17) is 0 Å². The summed E-state index contributed by atoms with van der Waals surface area (Å²) in [6.07, 6.45) is 0. The van der Waals surface area contributed by atoms with Gasteiger partial charge in [-0.15, -0.1) is 0 Å². The highest BCUT2D eigenvalue weighted by Crippen LogP contribution is 2.33. The van der Waals surface area contributed by atoms with E-state index in [0.717, 1.165) is 49.8 Å². The van der Waals surface area contributed by atoms with Crippen molar-refractivity contribution >= 4 is 54.5 Å². The van der Waals surface area contributed by atoms with Crippen molar-refractivity contribution in [2.45, 2.75) is 132 Å². The highest BCUT2D eigenvalue weighted by Gasteiger charge is 2.24. The average molecular weight is 1420 g/mol. The van der Waals surface area contributed by atoms with E-state index in [2.05, 4.69) is 294 Å². The van der Waals surface area contributed by atoms with E-state index in [-0.39, 0.29) is 17.5 Å². The summed E-state index contributed by atoms with van der Waals surface area (Å²) in [5.74, 6) is -0.498. The Balaban J connectivity index is 0.000000133. The highest BCUT2D eigenvalue weighted by molar-refractivity contribution is 5.86. The summed E-state index contributed by atoms with van der Waals surface area (Å²) in [4.78, 5) is 0. The number of nitrogens with zero attached hydrogens (tertiary/aromatic N) is 5. The SMILES string of the molecule is Cc1cc(C)c(C)c(-c2ccc3c(C)c(F)ccc3[n+]2C)c1.Cc1cc(C)c(C)c(-c2ccc3c(C)c(F)ccc3[n+]2C)c1.Cc1cc(C)c(C)c(-c2ccc3c(C)cc(C)cc3[n+]2C)c1.Cc1ccc(C)c(-c2ccc3c(C)cc(C)cc3[n+]2C)c1.Cc1ccc(C)c(-c2ccc3cc(F)ccc3[n+]2C)c1. The molecule has 0 aliphatic carbocycles. The third kappa shape index (κ3) is 16.0. The summed E-state index contributed by atoms with van der Waals surface area (Å²) in [5, 5.41) is 5.51. The first kappa shape index (κ1) is 77.1. The molecule has 5 nitrogen and oxygen atoms in total. The molecule has 0 saturated carbocycles. The molecule has 0 amide bonds. The minimum atomic E-state index is -0.197. The summed E-state index contributed by atoms with van der Waals surface area (Å²) >= 11 is 0. The van der Waals surface area contributed by atoms with Gasteiger partial charge in [-0.25, -0.2) is 13.2 Å². The van der Waals surface area contributed by atoms with Crippen LogP contribution in [0.1, 0.15) is 106 Å². The number of aryl methyl sites for hydroxylation is 21. The fraction of sp³-hybridized carbons (Fsp3) is 0.242. The molecule has 0 N–H and O–H groups in total. The zero-order valence-corrected chi connectivity index (χ0v) is 67.4. The zero-order valence-electron chi connectivity index (χ0n) is 67.4. The number of pyridine rings is 5. The van der Waals surface area contributed by atoms with Gasteiger partial charge in [0.15, 0.2) is 0 Å². The number of rotatable bonds is 5. The first-order chi connectivity index (χ1) is 50.7. The fourth-order valence-electron chi connectivity index (χ4n) is 15.6. The van der Waals surface area contributed by atoms with Gasteiger partial charge < -0.3 is 0 Å². The van der Waals surface area contributed by atoms with E-state index in [9.17, 15) is 13.2 Å². The van der Waals surface area contributed by atoms with Crippen LogP contribution in [0.4, 0.5) is 13.2 Å². The molecule has 0 saturated heterocycles. The van der Waals surface area contributed by atoms with Crippen molar-refractivity contribution in [2.75, 3.05) is 0 Å². The van der Waals surface area contributed by atoms with Crippen molar-refractivity contribution in [2.24, 2.45) is 35.2 Å². The summed E-state index contributed by atoms with van der Waals surface area (Å²) in [6.45, 7) is 40.4. The quantitative estimate of drug-likeness (QED) is 0.153. The van der Waals surface area contributed by atoms with Crippen LogP contribution in [0.2, 0.25) is 0 Å². The number of hydrogen-bond donors (Lipinski definition) is 0. The van der Waals surface area contributed by atoms with E-state index in [1.165, 1.54) is 162 Å². The van der Waals surface area contributed by atoms with Crippen LogP contribution in [0.5, 0.6) is 0 Å². The Kier molecular flexibility index (Phi) is 22.8. The van der Waals surface area contributed by atoms with Gasteiger partial charge in [-0.1, -0.05) is 82.4 Å². The first-order valence-electron chi connectivity index (χ1n) is 37.2. The Morgan fingerprint density at radius 3 is 0.860 bits per heavy atom. The summed E-state index contributed by atoms with van der Waals surface area (Å²) in [7, 11) is 10.5. The Bertz CT molecular complexity index is 5890. The fourth-order valence-corrected chi connectivity index (χ4v) is 15.6. The van der Waals surface area contributed by atoms with Crippen molar-refractivity contribution in [3.63, 3.8) is 0 Å². The molecule has 0 aliphatic heterocycles. The molecule has 0 bridgehead atoms. The van der Waals surface area contributed by atoms with E-state index in [1.54, 1.807) is 18.2 Å². The van der Waals surface area contributed by atoms with E-state index >= 15 is 0 Å². The highest BCUT2D eigenvalue weighted by atomic mass is 19.1. The van der Waals surface area contributed by atoms with Gasteiger partial charge in [0, 0.05) is 105 Å². The van der Waals surface area contributed by atoms with Gasteiger partial charge in [0.2, 0.25) is 56.1 Å². The smallest absolute Gasteiger partial charge is 0.207 e. The lowest BCUT2D eigenvalue weighted by atomic mass is 9.96. The van der Waals surface area contributed by atoms with Gasteiger partial charge in [0.1, 0.15) is 52.7 Å². The summed E-state index contributed by atoms with van der Waals surface area (Å²) < 4.78 is 51.9. The predicted molar refractivity (Wildman–Crippen MR) is 443 cm³/mol. The van der Waals surface area contributed by atoms with Crippen molar-refractivity contribution in [1.29, 1.82) is 0 Å². The molecular formula is C99H105F3N5+5. The van der Waals surface area contributed by atoms with Crippen LogP contribution in [-0.2, 0) is 35.2 Å². The van der Waals surface area contributed by atoms with Crippen LogP contribution >= 0.6 is 0 Å². The van der Waals surface area contributed by atoms with Crippen molar-refractivity contribution in [1.82, 2.24) is 0 Å². The summed E-state index contributed by atoms with van der Waals surface area (Å²) in [6, 6.07) is 68.6. The van der Waals surface area contributed by atoms with Gasteiger partial charge in [-0.3, -0.25) is 0 Å². The molecule has 8 heteroatoms. The topological polar surface area (TPSA) is 19.4 Å². The maximum Gasteiger partial charge on any atom is 0.213 e. The third-order valence-corrected chi connectivity index (χ3v) is 22.1. The Morgan fingerprint density at radius 1 is 0.196 bits per heavy atom. The number of halogens is 3. The molecule has 0 atom stereocenters. The van der Waals surface area contributed by atoms with Gasteiger partial charge in [0.05, 0.1) is 10.8 Å².